The molecule has 0 fully saturated rings. The van der Waals surface area contributed by atoms with Crippen LogP contribution in [0, 0.1) is 0 Å². The molecule has 0 aliphatic heterocycles. The van der Waals surface area contributed by atoms with Gasteiger partial charge in [0.25, 0.3) is 0 Å². The summed E-state index contributed by atoms with van der Waals surface area (Å²) < 4.78 is 0.773. The first-order valence-electron chi connectivity index (χ1n) is 3.74. The number of halogens is 1. The fraction of sp³-hybridized carbons (Fsp3) is 0.222. The lowest BCUT2D eigenvalue weighted by molar-refractivity contribution is 0.0988. The van der Waals surface area contributed by atoms with Gasteiger partial charge < -0.3 is 5.73 Å². The predicted molar refractivity (Wildman–Crippen MR) is 53.2 cm³/mol. The Bertz CT molecular complexity index is 289. The highest BCUT2D eigenvalue weighted by Gasteiger charge is 2.10. The molecule has 0 heterocycles. The van der Waals surface area contributed by atoms with Crippen LogP contribution in [0.3, 0.4) is 0 Å². The Balaban J connectivity index is 3.21. The number of rotatable bonds is 2. The highest BCUT2D eigenvalue weighted by molar-refractivity contribution is 9.10. The molecular formula is C9H10BrNO. The third-order valence-electron chi connectivity index (χ3n) is 1.65. The quantitative estimate of drug-likeness (QED) is 0.624. The molecule has 1 aromatic rings. The monoisotopic (exact) mass is 227 g/mol. The molecule has 2 nitrogen and oxygen atoms in total. The highest BCUT2D eigenvalue weighted by atomic mass is 79.9. The topological polar surface area (TPSA) is 43.1 Å². The molecule has 0 radical (unpaired) electrons. The molecule has 0 aliphatic rings. The van der Waals surface area contributed by atoms with Gasteiger partial charge in [-0.05, 0) is 28.1 Å². The second-order valence-corrected chi connectivity index (χ2v) is 3.34. The summed E-state index contributed by atoms with van der Waals surface area (Å²) in [5, 5.41) is 0. The molecule has 0 atom stereocenters. The van der Waals surface area contributed by atoms with Crippen molar-refractivity contribution in [2.45, 2.75) is 13.3 Å². The van der Waals surface area contributed by atoms with E-state index in [9.17, 15) is 4.79 Å². The van der Waals surface area contributed by atoms with Crippen LogP contribution in [-0.2, 0) is 0 Å². The van der Waals surface area contributed by atoms with Gasteiger partial charge in [0, 0.05) is 16.6 Å². The van der Waals surface area contributed by atoms with E-state index in [1.54, 1.807) is 6.07 Å². The molecule has 0 aliphatic carbocycles. The van der Waals surface area contributed by atoms with E-state index in [-0.39, 0.29) is 5.78 Å². The van der Waals surface area contributed by atoms with E-state index in [1.165, 1.54) is 0 Å². The summed E-state index contributed by atoms with van der Waals surface area (Å²) in [4.78, 5) is 11.3. The van der Waals surface area contributed by atoms with E-state index in [1.807, 2.05) is 19.1 Å². The zero-order valence-electron chi connectivity index (χ0n) is 6.80. The van der Waals surface area contributed by atoms with Crippen molar-refractivity contribution in [1.82, 2.24) is 0 Å². The van der Waals surface area contributed by atoms with E-state index in [4.69, 9.17) is 5.73 Å². The van der Waals surface area contributed by atoms with Crippen molar-refractivity contribution >= 4 is 27.4 Å². The standard InChI is InChI=1S/C9H10BrNO/c1-2-8(12)9-6(10)4-3-5-7(9)11/h3-5H,2,11H2,1H3. The van der Waals surface area contributed by atoms with Gasteiger partial charge in [0.05, 0.1) is 5.56 Å². The van der Waals surface area contributed by atoms with Gasteiger partial charge in [-0.1, -0.05) is 13.0 Å². The Morgan fingerprint density at radius 3 is 2.75 bits per heavy atom. The average molecular weight is 228 g/mol. The molecule has 2 N–H and O–H groups in total. The lowest BCUT2D eigenvalue weighted by atomic mass is 10.1. The molecule has 0 unspecified atom stereocenters. The summed E-state index contributed by atoms with van der Waals surface area (Å²) in [6.45, 7) is 1.82. The van der Waals surface area contributed by atoms with E-state index in [0.29, 0.717) is 17.7 Å². The lowest BCUT2D eigenvalue weighted by Crippen LogP contribution is -2.02. The molecule has 0 aromatic heterocycles. The number of ketones is 1. The van der Waals surface area contributed by atoms with Crippen molar-refractivity contribution in [3.63, 3.8) is 0 Å². The van der Waals surface area contributed by atoms with Crippen molar-refractivity contribution in [1.29, 1.82) is 0 Å². The van der Waals surface area contributed by atoms with Crippen molar-refractivity contribution < 1.29 is 4.79 Å². The van der Waals surface area contributed by atoms with Gasteiger partial charge in [0.1, 0.15) is 0 Å². The predicted octanol–water partition coefficient (Wildman–Crippen LogP) is 2.62. The molecule has 0 spiro atoms. The number of nitrogens with two attached hydrogens (primary N) is 1. The molecule has 0 amide bonds. The third kappa shape index (κ3) is 1.67. The van der Waals surface area contributed by atoms with Gasteiger partial charge in [-0.3, -0.25) is 4.79 Å². The zero-order chi connectivity index (χ0) is 9.14. The SMILES string of the molecule is CCC(=O)c1c(N)cccc1Br. The van der Waals surface area contributed by atoms with Crippen LogP contribution in [0.5, 0.6) is 0 Å². The number of anilines is 1. The Morgan fingerprint density at radius 2 is 2.25 bits per heavy atom. The highest BCUT2D eigenvalue weighted by Crippen LogP contribution is 2.23. The largest absolute Gasteiger partial charge is 0.398 e. The van der Waals surface area contributed by atoms with Crippen molar-refractivity contribution in [2.75, 3.05) is 5.73 Å². The number of hydrogen-bond donors (Lipinski definition) is 1. The molecule has 12 heavy (non-hydrogen) atoms. The number of hydrogen-bond acceptors (Lipinski definition) is 2. The molecule has 1 rings (SSSR count). The van der Waals surface area contributed by atoms with Crippen LogP contribution in [-0.4, -0.2) is 5.78 Å². The smallest absolute Gasteiger partial charge is 0.165 e. The maximum absolute atomic E-state index is 11.3. The first-order chi connectivity index (χ1) is 5.66. The summed E-state index contributed by atoms with van der Waals surface area (Å²) in [5.41, 5.74) is 6.78. The first-order valence-corrected chi connectivity index (χ1v) is 4.53. The van der Waals surface area contributed by atoms with Crippen molar-refractivity contribution in [3.05, 3.63) is 28.2 Å². The van der Waals surface area contributed by atoms with E-state index in [0.717, 1.165) is 4.47 Å². The van der Waals surface area contributed by atoms with Crippen LogP contribution in [0.4, 0.5) is 5.69 Å². The van der Waals surface area contributed by atoms with E-state index < -0.39 is 0 Å². The van der Waals surface area contributed by atoms with Gasteiger partial charge in [0.15, 0.2) is 5.78 Å². The summed E-state index contributed by atoms with van der Waals surface area (Å²) in [5.74, 6) is 0.0694. The number of Topliss-reactive ketones (excluding diaryl/α,β-unsaturated/α-hetero) is 1. The third-order valence-corrected chi connectivity index (χ3v) is 2.31. The van der Waals surface area contributed by atoms with E-state index in [2.05, 4.69) is 15.9 Å². The fourth-order valence-corrected chi connectivity index (χ4v) is 1.61. The minimum atomic E-state index is 0.0694. The van der Waals surface area contributed by atoms with Gasteiger partial charge >= 0.3 is 0 Å². The second-order valence-electron chi connectivity index (χ2n) is 2.48. The van der Waals surface area contributed by atoms with Gasteiger partial charge in [-0.25, -0.2) is 0 Å². The molecule has 1 aromatic carbocycles. The minimum absolute atomic E-state index is 0.0694. The maximum Gasteiger partial charge on any atom is 0.165 e. The summed E-state index contributed by atoms with van der Waals surface area (Å²) in [7, 11) is 0. The summed E-state index contributed by atoms with van der Waals surface area (Å²) in [6.07, 6.45) is 0.479. The van der Waals surface area contributed by atoms with Crippen LogP contribution in [0.25, 0.3) is 0 Å². The zero-order valence-corrected chi connectivity index (χ0v) is 8.39. The number of benzene rings is 1. The second kappa shape index (κ2) is 3.72. The Hall–Kier alpha value is -0.830. The molecule has 0 bridgehead atoms. The maximum atomic E-state index is 11.3. The first kappa shape index (κ1) is 9.26. The van der Waals surface area contributed by atoms with Gasteiger partial charge in [-0.15, -0.1) is 0 Å². The number of carbonyl (C=O) groups is 1. The van der Waals surface area contributed by atoms with Gasteiger partial charge in [-0.2, -0.15) is 0 Å². The molecule has 0 saturated heterocycles. The van der Waals surface area contributed by atoms with E-state index >= 15 is 0 Å². The van der Waals surface area contributed by atoms with Crippen LogP contribution in [0.2, 0.25) is 0 Å². The van der Waals surface area contributed by atoms with Crippen LogP contribution >= 0.6 is 15.9 Å². The van der Waals surface area contributed by atoms with Crippen LogP contribution in [0.15, 0.2) is 22.7 Å². The molecular weight excluding hydrogens is 218 g/mol. The fourth-order valence-electron chi connectivity index (χ4n) is 1.01. The number of nitrogen functional groups attached to an aromatic ring is 1. The Morgan fingerprint density at radius 1 is 1.58 bits per heavy atom. The number of carbonyl (C=O) groups excluding carboxylic acids is 1. The van der Waals surface area contributed by atoms with Crippen LogP contribution in [0.1, 0.15) is 23.7 Å². The molecule has 0 saturated carbocycles. The minimum Gasteiger partial charge on any atom is -0.398 e. The van der Waals surface area contributed by atoms with Crippen molar-refractivity contribution in [2.24, 2.45) is 0 Å². The molecule has 3 heteroatoms. The van der Waals surface area contributed by atoms with Crippen LogP contribution < -0.4 is 5.73 Å². The normalized spacial score (nSPS) is 9.83. The van der Waals surface area contributed by atoms with Gasteiger partial charge in [0.2, 0.25) is 0 Å². The Labute approximate surface area is 79.9 Å². The molecule has 64 valence electrons. The Kier molecular flexibility index (Phi) is 2.87. The summed E-state index contributed by atoms with van der Waals surface area (Å²) in [6, 6.07) is 5.36. The average Bonchev–Trinajstić information content (AvgIpc) is 2.03. The van der Waals surface area contributed by atoms with Crippen molar-refractivity contribution in [3.8, 4) is 0 Å². The summed E-state index contributed by atoms with van der Waals surface area (Å²) >= 11 is 3.29. The lowest BCUT2D eigenvalue weighted by Gasteiger charge is -2.04.